The van der Waals surface area contributed by atoms with Crippen molar-refractivity contribution in [1.82, 2.24) is 5.32 Å². The second-order valence-electron chi connectivity index (χ2n) is 6.50. The van der Waals surface area contributed by atoms with Gasteiger partial charge in [-0.25, -0.2) is 9.18 Å². The van der Waals surface area contributed by atoms with Gasteiger partial charge in [-0.2, -0.15) is 0 Å². The first-order valence-electron chi connectivity index (χ1n) is 8.56. The lowest BCUT2D eigenvalue weighted by molar-refractivity contribution is -0.136. The summed E-state index contributed by atoms with van der Waals surface area (Å²) >= 11 is 5.56. The molecule has 1 N–H and O–H groups in total. The van der Waals surface area contributed by atoms with Crippen LogP contribution in [0.4, 0.5) is 10.1 Å². The summed E-state index contributed by atoms with van der Waals surface area (Å²) in [7, 11) is 1.35. The van der Waals surface area contributed by atoms with E-state index in [0.29, 0.717) is 27.6 Å². The molecular weight excluding hydrogens is 363 g/mol. The number of nitrogens with zero attached hydrogens (tertiary/aromatic N) is 1. The van der Waals surface area contributed by atoms with Crippen LogP contribution in [0.1, 0.15) is 29.7 Å². The smallest absolute Gasteiger partial charge is 0.337 e. The zero-order chi connectivity index (χ0) is 19.7. The number of hydrogen-bond donors (Lipinski definition) is 1. The van der Waals surface area contributed by atoms with Crippen LogP contribution in [0, 0.1) is 19.7 Å². The van der Waals surface area contributed by atoms with Crippen LogP contribution in [0.25, 0.3) is 0 Å². The third-order valence-electron chi connectivity index (χ3n) is 4.80. The predicted octanol–water partition coefficient (Wildman–Crippen LogP) is 4.33. The highest BCUT2D eigenvalue weighted by atomic mass is 32.1. The number of methoxy groups -OCH3 is 1. The van der Waals surface area contributed by atoms with Gasteiger partial charge in [0, 0.05) is 5.70 Å². The van der Waals surface area contributed by atoms with E-state index in [2.05, 4.69) is 5.32 Å². The highest BCUT2D eigenvalue weighted by Crippen LogP contribution is 2.35. The Morgan fingerprint density at radius 3 is 2.48 bits per heavy atom. The Bertz CT molecular complexity index is 955. The van der Waals surface area contributed by atoms with E-state index >= 15 is 0 Å². The summed E-state index contributed by atoms with van der Waals surface area (Å²) in [6, 6.07) is 12.2. The van der Waals surface area contributed by atoms with E-state index in [-0.39, 0.29) is 5.82 Å². The minimum atomic E-state index is -0.451. The molecule has 3 rings (SSSR count). The molecule has 27 heavy (non-hydrogen) atoms. The maximum atomic E-state index is 14.1. The molecule has 0 aliphatic carbocycles. The van der Waals surface area contributed by atoms with Crippen molar-refractivity contribution in [3.63, 3.8) is 0 Å². The summed E-state index contributed by atoms with van der Waals surface area (Å²) in [5.74, 6) is -0.780. The summed E-state index contributed by atoms with van der Waals surface area (Å²) in [6.45, 7) is 5.47. The molecule has 0 fully saturated rings. The number of thiocarbonyl (C=S) groups is 1. The second-order valence-corrected chi connectivity index (χ2v) is 6.89. The summed E-state index contributed by atoms with van der Waals surface area (Å²) in [6.07, 6.45) is 0. The first-order chi connectivity index (χ1) is 12.8. The monoisotopic (exact) mass is 384 g/mol. The number of halogens is 1. The van der Waals surface area contributed by atoms with E-state index in [0.717, 1.165) is 11.1 Å². The van der Waals surface area contributed by atoms with Crippen molar-refractivity contribution >= 4 is 29.0 Å². The minimum absolute atomic E-state index is 0.330. The molecule has 0 saturated carbocycles. The molecule has 2 aromatic rings. The highest BCUT2D eigenvalue weighted by Gasteiger charge is 2.35. The number of carbonyl (C=O) groups is 1. The van der Waals surface area contributed by atoms with Crippen molar-refractivity contribution in [3.8, 4) is 0 Å². The van der Waals surface area contributed by atoms with Gasteiger partial charge in [0.2, 0.25) is 0 Å². The number of esters is 1. The zero-order valence-electron chi connectivity index (χ0n) is 15.7. The van der Waals surface area contributed by atoms with Crippen LogP contribution in [0.15, 0.2) is 53.7 Å². The number of carbonyl (C=O) groups excluding carboxylic acids is 1. The van der Waals surface area contributed by atoms with Crippen molar-refractivity contribution in [2.75, 3.05) is 12.0 Å². The quantitative estimate of drug-likeness (QED) is 0.630. The summed E-state index contributed by atoms with van der Waals surface area (Å²) in [4.78, 5) is 14.3. The number of nitrogens with one attached hydrogen (secondary N) is 1. The lowest BCUT2D eigenvalue weighted by Crippen LogP contribution is -2.48. The Morgan fingerprint density at radius 1 is 1.15 bits per heavy atom. The molecule has 0 saturated heterocycles. The maximum Gasteiger partial charge on any atom is 0.337 e. The summed E-state index contributed by atoms with van der Waals surface area (Å²) in [5.41, 5.74) is 4.12. The molecule has 0 amide bonds. The average molecular weight is 384 g/mol. The molecule has 1 unspecified atom stereocenters. The molecule has 140 valence electrons. The van der Waals surface area contributed by atoms with Gasteiger partial charge >= 0.3 is 5.97 Å². The number of ether oxygens (including phenoxy) is 1. The second kappa shape index (κ2) is 7.48. The van der Waals surface area contributed by atoms with E-state index in [1.165, 1.54) is 13.2 Å². The van der Waals surface area contributed by atoms with Gasteiger partial charge in [0.1, 0.15) is 5.82 Å². The first-order valence-corrected chi connectivity index (χ1v) is 8.97. The lowest BCUT2D eigenvalue weighted by Gasteiger charge is -2.38. The van der Waals surface area contributed by atoms with Gasteiger partial charge in [-0.3, -0.25) is 4.90 Å². The van der Waals surface area contributed by atoms with Crippen LogP contribution in [-0.2, 0) is 9.53 Å². The van der Waals surface area contributed by atoms with Gasteiger partial charge in [0.05, 0.1) is 24.4 Å². The van der Waals surface area contributed by atoms with E-state index < -0.39 is 12.0 Å². The molecule has 0 radical (unpaired) electrons. The third kappa shape index (κ3) is 3.45. The first kappa shape index (κ1) is 19.0. The van der Waals surface area contributed by atoms with Crippen LogP contribution in [0.5, 0.6) is 0 Å². The third-order valence-corrected chi connectivity index (χ3v) is 5.10. The maximum absolute atomic E-state index is 14.1. The zero-order valence-corrected chi connectivity index (χ0v) is 16.5. The number of benzene rings is 2. The largest absolute Gasteiger partial charge is 0.466 e. The van der Waals surface area contributed by atoms with Gasteiger partial charge in [0.25, 0.3) is 0 Å². The fourth-order valence-corrected chi connectivity index (χ4v) is 3.65. The van der Waals surface area contributed by atoms with Crippen molar-refractivity contribution in [3.05, 3.63) is 76.2 Å². The van der Waals surface area contributed by atoms with Crippen molar-refractivity contribution in [1.29, 1.82) is 0 Å². The number of anilines is 1. The van der Waals surface area contributed by atoms with Crippen LogP contribution in [0.2, 0.25) is 0 Å². The fourth-order valence-electron chi connectivity index (χ4n) is 3.29. The molecule has 0 spiro atoms. The van der Waals surface area contributed by atoms with Crippen molar-refractivity contribution in [2.45, 2.75) is 26.8 Å². The highest BCUT2D eigenvalue weighted by molar-refractivity contribution is 7.80. The van der Waals surface area contributed by atoms with Crippen molar-refractivity contribution < 1.29 is 13.9 Å². The normalized spacial score (nSPS) is 17.0. The number of aryl methyl sites for hydroxylation is 2. The van der Waals surface area contributed by atoms with Crippen LogP contribution in [-0.4, -0.2) is 18.2 Å². The molecule has 0 bridgehead atoms. The molecule has 4 nitrogen and oxygen atoms in total. The van der Waals surface area contributed by atoms with Crippen molar-refractivity contribution in [2.24, 2.45) is 0 Å². The number of allylic oxidation sites excluding steroid dienone is 1. The van der Waals surface area contributed by atoms with Gasteiger partial charge < -0.3 is 10.1 Å². The van der Waals surface area contributed by atoms with Crippen LogP contribution >= 0.6 is 12.2 Å². The average Bonchev–Trinajstić information content (AvgIpc) is 2.64. The van der Waals surface area contributed by atoms with Gasteiger partial charge in [-0.1, -0.05) is 30.3 Å². The lowest BCUT2D eigenvalue weighted by atomic mass is 9.92. The molecule has 1 atom stereocenters. The molecule has 6 heteroatoms. The number of hydrogen-bond acceptors (Lipinski definition) is 3. The molecule has 0 aromatic heterocycles. The molecule has 1 aliphatic heterocycles. The number of rotatable bonds is 3. The topological polar surface area (TPSA) is 41.6 Å². The van der Waals surface area contributed by atoms with E-state index in [9.17, 15) is 9.18 Å². The van der Waals surface area contributed by atoms with Crippen LogP contribution < -0.4 is 10.2 Å². The minimum Gasteiger partial charge on any atom is -0.466 e. The van der Waals surface area contributed by atoms with Gasteiger partial charge in [-0.15, -0.1) is 0 Å². The fraction of sp³-hybridized carbons (Fsp3) is 0.238. The molecular formula is C21H21FN2O2S. The Labute approximate surface area is 163 Å². The van der Waals surface area contributed by atoms with E-state index in [1.807, 2.05) is 31.2 Å². The molecule has 1 aliphatic rings. The Hall–Kier alpha value is -2.73. The summed E-state index contributed by atoms with van der Waals surface area (Å²) < 4.78 is 19.1. The van der Waals surface area contributed by atoms with Gasteiger partial charge in [-0.05, 0) is 61.8 Å². The van der Waals surface area contributed by atoms with Crippen LogP contribution in [0.3, 0.4) is 0 Å². The Kier molecular flexibility index (Phi) is 5.28. The SMILES string of the molecule is COC(=O)C1=C(C)N(c2ccc(C)c(F)c2)C(=S)NC1c1ccccc1C. The van der Waals surface area contributed by atoms with E-state index in [1.54, 1.807) is 30.9 Å². The standard InChI is InChI=1S/C21H21FN2O2S/c1-12-7-5-6-8-16(12)19-18(20(25)26-4)14(3)24(21(27)23-19)15-10-9-13(2)17(22)11-15/h5-11,19H,1-4H3,(H,23,27). The molecule has 1 heterocycles. The predicted molar refractivity (Wildman–Crippen MR) is 108 cm³/mol. The Morgan fingerprint density at radius 2 is 1.85 bits per heavy atom. The Balaban J connectivity index is 2.17. The summed E-state index contributed by atoms with van der Waals surface area (Å²) in [5, 5.41) is 3.63. The molecule has 2 aromatic carbocycles. The van der Waals surface area contributed by atoms with Gasteiger partial charge in [0.15, 0.2) is 5.11 Å². The van der Waals surface area contributed by atoms with E-state index in [4.69, 9.17) is 17.0 Å².